The number of anilines is 1. The fraction of sp³-hybridized carbons (Fsp3) is 0.571. The van der Waals surface area contributed by atoms with E-state index < -0.39 is 0 Å². The number of nitrogens with two attached hydrogens (primary N) is 1. The summed E-state index contributed by atoms with van der Waals surface area (Å²) in [6.07, 6.45) is 5.32. The highest BCUT2D eigenvalue weighted by Crippen LogP contribution is 2.29. The van der Waals surface area contributed by atoms with Crippen molar-refractivity contribution in [3.8, 4) is 0 Å². The van der Waals surface area contributed by atoms with Crippen LogP contribution in [0.15, 0.2) is 18.2 Å². The van der Waals surface area contributed by atoms with Crippen LogP contribution in [0.2, 0.25) is 0 Å². The summed E-state index contributed by atoms with van der Waals surface area (Å²) in [5, 5.41) is 3.69. The van der Waals surface area contributed by atoms with E-state index in [1.807, 2.05) is 12.1 Å². The van der Waals surface area contributed by atoms with Gasteiger partial charge in [-0.2, -0.15) is 0 Å². The summed E-state index contributed by atoms with van der Waals surface area (Å²) in [4.78, 5) is 0. The molecule has 1 aliphatic carbocycles. The maximum atomic E-state index is 5.91. The van der Waals surface area contributed by atoms with Gasteiger partial charge in [0.1, 0.15) is 0 Å². The normalized spacial score (nSPS) is 18.9. The Morgan fingerprint density at radius 2 is 2.00 bits per heavy atom. The molecule has 1 aliphatic rings. The monoisotopic (exact) mass is 218 g/mol. The van der Waals surface area contributed by atoms with Crippen LogP contribution in [0.4, 0.5) is 5.69 Å². The van der Waals surface area contributed by atoms with Gasteiger partial charge in [-0.3, -0.25) is 0 Å². The average molecular weight is 218 g/mol. The van der Waals surface area contributed by atoms with Crippen LogP contribution in [0.25, 0.3) is 0 Å². The number of hydrogen-bond acceptors (Lipinski definition) is 2. The standard InChI is InChI=1S/C14H22N2/c1-11-12(6-5-7-13(11)15)10-16-14(2)8-3-4-9-14/h5-7,16H,3-4,8-10,15H2,1-2H3. The molecule has 0 radical (unpaired) electrons. The Balaban J connectivity index is 2.02. The van der Waals surface area contributed by atoms with Gasteiger partial charge in [-0.25, -0.2) is 0 Å². The average Bonchev–Trinajstić information content (AvgIpc) is 2.68. The summed E-state index contributed by atoms with van der Waals surface area (Å²) in [6.45, 7) is 5.37. The van der Waals surface area contributed by atoms with Crippen LogP contribution >= 0.6 is 0 Å². The van der Waals surface area contributed by atoms with Crippen molar-refractivity contribution in [2.45, 2.75) is 51.6 Å². The lowest BCUT2D eigenvalue weighted by molar-refractivity contribution is 0.362. The van der Waals surface area contributed by atoms with E-state index in [-0.39, 0.29) is 0 Å². The molecule has 0 unspecified atom stereocenters. The van der Waals surface area contributed by atoms with Crippen molar-refractivity contribution in [3.05, 3.63) is 29.3 Å². The molecule has 16 heavy (non-hydrogen) atoms. The molecule has 1 saturated carbocycles. The molecule has 2 heteroatoms. The smallest absolute Gasteiger partial charge is 0.0346 e. The molecule has 88 valence electrons. The van der Waals surface area contributed by atoms with Crippen molar-refractivity contribution < 1.29 is 0 Å². The first-order valence-electron chi connectivity index (χ1n) is 6.20. The Labute approximate surface area is 98.2 Å². The molecular formula is C14H22N2. The number of hydrogen-bond donors (Lipinski definition) is 2. The summed E-state index contributed by atoms with van der Waals surface area (Å²) in [6, 6.07) is 6.17. The predicted octanol–water partition coefficient (Wildman–Crippen LogP) is 3.00. The molecule has 2 nitrogen and oxygen atoms in total. The minimum Gasteiger partial charge on any atom is -0.399 e. The summed E-state index contributed by atoms with van der Waals surface area (Å²) in [5.41, 5.74) is 9.70. The molecule has 0 bridgehead atoms. The molecule has 0 aliphatic heterocycles. The van der Waals surface area contributed by atoms with E-state index >= 15 is 0 Å². The lowest BCUT2D eigenvalue weighted by Crippen LogP contribution is -2.38. The highest BCUT2D eigenvalue weighted by Gasteiger charge is 2.27. The highest BCUT2D eigenvalue weighted by molar-refractivity contribution is 5.49. The summed E-state index contributed by atoms with van der Waals surface area (Å²) >= 11 is 0. The van der Waals surface area contributed by atoms with Crippen molar-refractivity contribution in [2.24, 2.45) is 0 Å². The second-order valence-corrected chi connectivity index (χ2v) is 5.25. The topological polar surface area (TPSA) is 38.0 Å². The van der Waals surface area contributed by atoms with Gasteiger partial charge in [-0.1, -0.05) is 25.0 Å². The van der Waals surface area contributed by atoms with Crippen LogP contribution in [0.5, 0.6) is 0 Å². The first-order chi connectivity index (χ1) is 7.61. The van der Waals surface area contributed by atoms with Gasteiger partial charge in [0.05, 0.1) is 0 Å². The molecular weight excluding hydrogens is 196 g/mol. The van der Waals surface area contributed by atoms with Gasteiger partial charge in [0, 0.05) is 17.8 Å². The second kappa shape index (κ2) is 4.46. The Bertz CT molecular complexity index is 365. The first-order valence-corrected chi connectivity index (χ1v) is 6.20. The Kier molecular flexibility index (Phi) is 3.20. The zero-order valence-electron chi connectivity index (χ0n) is 10.3. The Hall–Kier alpha value is -1.02. The molecule has 0 spiro atoms. The zero-order valence-corrected chi connectivity index (χ0v) is 10.3. The van der Waals surface area contributed by atoms with Crippen molar-refractivity contribution in [1.29, 1.82) is 0 Å². The molecule has 1 aromatic carbocycles. The third-order valence-corrected chi connectivity index (χ3v) is 3.90. The van der Waals surface area contributed by atoms with E-state index in [0.29, 0.717) is 5.54 Å². The van der Waals surface area contributed by atoms with Gasteiger partial charge < -0.3 is 11.1 Å². The zero-order chi connectivity index (χ0) is 11.6. The molecule has 0 saturated heterocycles. The van der Waals surface area contributed by atoms with Crippen molar-refractivity contribution in [3.63, 3.8) is 0 Å². The van der Waals surface area contributed by atoms with Gasteiger partial charge >= 0.3 is 0 Å². The van der Waals surface area contributed by atoms with E-state index in [0.717, 1.165) is 12.2 Å². The van der Waals surface area contributed by atoms with E-state index in [2.05, 4.69) is 25.2 Å². The SMILES string of the molecule is Cc1c(N)cccc1CNC1(C)CCCC1. The van der Waals surface area contributed by atoms with Gasteiger partial charge in [-0.05, 0) is 43.9 Å². The van der Waals surface area contributed by atoms with E-state index in [1.54, 1.807) is 0 Å². The molecule has 3 N–H and O–H groups in total. The minimum absolute atomic E-state index is 0.344. The van der Waals surface area contributed by atoms with Crippen molar-refractivity contribution >= 4 is 5.69 Å². The van der Waals surface area contributed by atoms with Gasteiger partial charge in [0.25, 0.3) is 0 Å². The lowest BCUT2D eigenvalue weighted by Gasteiger charge is -2.26. The third-order valence-electron chi connectivity index (χ3n) is 3.90. The largest absolute Gasteiger partial charge is 0.399 e. The van der Waals surface area contributed by atoms with E-state index in [4.69, 9.17) is 5.73 Å². The van der Waals surface area contributed by atoms with Gasteiger partial charge in [-0.15, -0.1) is 0 Å². The first kappa shape index (κ1) is 11.5. The predicted molar refractivity (Wildman–Crippen MR) is 69.3 cm³/mol. The second-order valence-electron chi connectivity index (χ2n) is 5.25. The van der Waals surface area contributed by atoms with Gasteiger partial charge in [0.15, 0.2) is 0 Å². The van der Waals surface area contributed by atoms with Crippen LogP contribution in [-0.4, -0.2) is 5.54 Å². The quantitative estimate of drug-likeness (QED) is 0.765. The van der Waals surface area contributed by atoms with Crippen LogP contribution in [0.1, 0.15) is 43.7 Å². The Morgan fingerprint density at radius 1 is 1.31 bits per heavy atom. The van der Waals surface area contributed by atoms with Crippen molar-refractivity contribution in [2.75, 3.05) is 5.73 Å². The molecule has 0 heterocycles. The molecule has 2 rings (SSSR count). The maximum absolute atomic E-state index is 5.91. The summed E-state index contributed by atoms with van der Waals surface area (Å²) < 4.78 is 0. The Morgan fingerprint density at radius 3 is 2.69 bits per heavy atom. The lowest BCUT2D eigenvalue weighted by atomic mass is 9.99. The molecule has 1 aromatic rings. The number of rotatable bonds is 3. The summed E-state index contributed by atoms with van der Waals surface area (Å²) in [5.74, 6) is 0. The van der Waals surface area contributed by atoms with Crippen LogP contribution in [0, 0.1) is 6.92 Å². The van der Waals surface area contributed by atoms with Crippen LogP contribution < -0.4 is 11.1 Å². The number of nitrogens with one attached hydrogen (secondary N) is 1. The number of benzene rings is 1. The fourth-order valence-corrected chi connectivity index (χ4v) is 2.54. The maximum Gasteiger partial charge on any atom is 0.0346 e. The molecule has 0 aromatic heterocycles. The highest BCUT2D eigenvalue weighted by atomic mass is 15.0. The number of nitrogen functional groups attached to an aromatic ring is 1. The molecule has 0 atom stereocenters. The van der Waals surface area contributed by atoms with Crippen LogP contribution in [0.3, 0.4) is 0 Å². The minimum atomic E-state index is 0.344. The summed E-state index contributed by atoms with van der Waals surface area (Å²) in [7, 11) is 0. The molecule has 1 fully saturated rings. The van der Waals surface area contributed by atoms with Crippen LogP contribution in [-0.2, 0) is 6.54 Å². The van der Waals surface area contributed by atoms with E-state index in [9.17, 15) is 0 Å². The fourth-order valence-electron chi connectivity index (χ4n) is 2.54. The van der Waals surface area contributed by atoms with E-state index in [1.165, 1.54) is 36.8 Å². The molecule has 0 amide bonds. The third kappa shape index (κ3) is 2.38. The van der Waals surface area contributed by atoms with Gasteiger partial charge in [0.2, 0.25) is 0 Å². The van der Waals surface area contributed by atoms with Crippen molar-refractivity contribution in [1.82, 2.24) is 5.32 Å².